The molecular formula is C44H80O4. The third-order valence-electron chi connectivity index (χ3n) is 10.1. The molecule has 0 amide bonds. The molecule has 0 aliphatic rings. The van der Waals surface area contributed by atoms with Crippen molar-refractivity contribution in [3.8, 4) is 0 Å². The van der Waals surface area contributed by atoms with Crippen molar-refractivity contribution in [3.05, 3.63) is 24.3 Å². The molecule has 0 rings (SSSR count). The van der Waals surface area contributed by atoms with Gasteiger partial charge in [-0.1, -0.05) is 180 Å². The minimum absolute atomic E-state index is 0.252. The lowest BCUT2D eigenvalue weighted by Gasteiger charge is -2.30. The average Bonchev–Trinajstić information content (AvgIpc) is 3.09. The van der Waals surface area contributed by atoms with Gasteiger partial charge in [-0.3, -0.25) is 9.59 Å². The predicted molar refractivity (Wildman–Crippen MR) is 207 cm³/mol. The number of hydrogen-bond acceptors (Lipinski definition) is 4. The Balaban J connectivity index is 4.22. The minimum atomic E-state index is -0.505. The Morgan fingerprint density at radius 3 is 1.35 bits per heavy atom. The maximum atomic E-state index is 13.4. The van der Waals surface area contributed by atoms with Gasteiger partial charge in [0.25, 0.3) is 0 Å². The highest BCUT2D eigenvalue weighted by Crippen LogP contribution is 2.37. The topological polar surface area (TPSA) is 60.4 Å². The first-order valence-corrected chi connectivity index (χ1v) is 21.0. The summed E-state index contributed by atoms with van der Waals surface area (Å²) in [6.07, 6.45) is 47.1. The van der Waals surface area contributed by atoms with E-state index in [1.807, 2.05) is 0 Å². The first-order chi connectivity index (χ1) is 23.6. The standard InChI is InChI=1S/C44H80O4/c1-4-7-9-11-12-13-14-15-16-19-22-25-28-31-34-38-42(46)48-43(47)44(6-3,39-35-10-8-5-2)40-36-32-29-26-23-20-17-18-21-24-27-30-33-37-41-45/h12-13,15-16,41H,4-11,14,17-40H2,1-3H3. The van der Waals surface area contributed by atoms with Crippen LogP contribution < -0.4 is 0 Å². The molecule has 280 valence electrons. The molecule has 0 radical (unpaired) electrons. The Hall–Kier alpha value is -1.71. The molecule has 1 unspecified atom stereocenters. The van der Waals surface area contributed by atoms with E-state index in [9.17, 15) is 14.4 Å². The molecule has 0 N–H and O–H groups in total. The van der Waals surface area contributed by atoms with Crippen molar-refractivity contribution in [2.45, 2.75) is 233 Å². The molecule has 0 heterocycles. The summed E-state index contributed by atoms with van der Waals surface area (Å²) in [5.74, 6) is -0.576. The van der Waals surface area contributed by atoms with Crippen LogP contribution >= 0.6 is 0 Å². The van der Waals surface area contributed by atoms with Crippen molar-refractivity contribution in [3.63, 3.8) is 0 Å². The number of hydrogen-bond donors (Lipinski definition) is 0. The van der Waals surface area contributed by atoms with E-state index in [1.54, 1.807) is 0 Å². The van der Waals surface area contributed by atoms with Crippen LogP contribution in [-0.2, 0) is 19.1 Å². The summed E-state index contributed by atoms with van der Waals surface area (Å²) in [6, 6.07) is 0. The molecule has 0 aromatic rings. The van der Waals surface area contributed by atoms with Crippen molar-refractivity contribution in [1.82, 2.24) is 0 Å². The van der Waals surface area contributed by atoms with Crippen LogP contribution in [0.2, 0.25) is 0 Å². The molecule has 0 saturated heterocycles. The van der Waals surface area contributed by atoms with E-state index in [0.717, 1.165) is 96.2 Å². The lowest BCUT2D eigenvalue weighted by Crippen LogP contribution is -2.34. The van der Waals surface area contributed by atoms with Gasteiger partial charge in [0.1, 0.15) is 6.29 Å². The van der Waals surface area contributed by atoms with Gasteiger partial charge >= 0.3 is 11.9 Å². The van der Waals surface area contributed by atoms with Crippen molar-refractivity contribution < 1.29 is 19.1 Å². The second kappa shape index (κ2) is 36.6. The molecule has 0 bridgehead atoms. The van der Waals surface area contributed by atoms with Crippen LogP contribution in [0.5, 0.6) is 0 Å². The van der Waals surface area contributed by atoms with E-state index < -0.39 is 5.41 Å². The summed E-state index contributed by atoms with van der Waals surface area (Å²) in [7, 11) is 0. The Morgan fingerprint density at radius 2 is 0.875 bits per heavy atom. The number of aldehydes is 1. The van der Waals surface area contributed by atoms with Gasteiger partial charge in [0.15, 0.2) is 0 Å². The molecule has 0 aliphatic heterocycles. The quantitative estimate of drug-likeness (QED) is 0.0217. The SMILES string of the molecule is CCCCCC=CCC=CCCCCCCCC(=O)OC(=O)C(CC)(CCCCCC)CCCCCCCCCCCCCCCC=O. The normalized spacial score (nSPS) is 13.0. The highest BCUT2D eigenvalue weighted by molar-refractivity contribution is 5.88. The maximum absolute atomic E-state index is 13.4. The first kappa shape index (κ1) is 46.3. The molecule has 0 saturated carbocycles. The van der Waals surface area contributed by atoms with Crippen molar-refractivity contribution >= 4 is 18.2 Å². The molecule has 4 nitrogen and oxygen atoms in total. The number of rotatable bonds is 37. The highest BCUT2D eigenvalue weighted by Gasteiger charge is 2.38. The van der Waals surface area contributed by atoms with E-state index in [4.69, 9.17) is 4.74 Å². The summed E-state index contributed by atoms with van der Waals surface area (Å²) in [4.78, 5) is 36.5. The van der Waals surface area contributed by atoms with E-state index in [0.29, 0.717) is 6.42 Å². The summed E-state index contributed by atoms with van der Waals surface area (Å²) < 4.78 is 5.55. The number of unbranched alkanes of at least 4 members (excludes halogenated alkanes) is 24. The molecule has 0 spiro atoms. The number of esters is 2. The second-order valence-corrected chi connectivity index (χ2v) is 14.5. The fourth-order valence-corrected chi connectivity index (χ4v) is 6.70. The van der Waals surface area contributed by atoms with Crippen molar-refractivity contribution in [1.29, 1.82) is 0 Å². The van der Waals surface area contributed by atoms with Crippen molar-refractivity contribution in [2.75, 3.05) is 0 Å². The summed E-state index contributed by atoms with van der Waals surface area (Å²) >= 11 is 0. The van der Waals surface area contributed by atoms with Crippen LogP contribution in [0.4, 0.5) is 0 Å². The summed E-state index contributed by atoms with van der Waals surface area (Å²) in [6.45, 7) is 6.57. The molecule has 0 aromatic heterocycles. The van der Waals surface area contributed by atoms with Crippen molar-refractivity contribution in [2.24, 2.45) is 5.41 Å². The molecule has 0 aromatic carbocycles. The van der Waals surface area contributed by atoms with Crippen LogP contribution in [0.25, 0.3) is 0 Å². The fourth-order valence-electron chi connectivity index (χ4n) is 6.70. The molecular weight excluding hydrogens is 592 g/mol. The van der Waals surface area contributed by atoms with E-state index in [-0.39, 0.29) is 11.9 Å². The second-order valence-electron chi connectivity index (χ2n) is 14.5. The lowest BCUT2D eigenvalue weighted by molar-refractivity contribution is -0.168. The van der Waals surface area contributed by atoms with Gasteiger partial charge in [0.05, 0.1) is 5.41 Å². The third kappa shape index (κ3) is 29.2. The van der Waals surface area contributed by atoms with Gasteiger partial charge in [0, 0.05) is 12.8 Å². The third-order valence-corrected chi connectivity index (χ3v) is 10.1. The van der Waals surface area contributed by atoms with E-state index in [2.05, 4.69) is 45.1 Å². The van der Waals surface area contributed by atoms with Gasteiger partial charge in [-0.2, -0.15) is 0 Å². The van der Waals surface area contributed by atoms with Gasteiger partial charge in [-0.05, 0) is 64.2 Å². The van der Waals surface area contributed by atoms with Gasteiger partial charge in [-0.25, -0.2) is 0 Å². The van der Waals surface area contributed by atoms with Gasteiger partial charge < -0.3 is 9.53 Å². The zero-order valence-corrected chi connectivity index (χ0v) is 32.4. The van der Waals surface area contributed by atoms with Gasteiger partial charge in [0.2, 0.25) is 0 Å². The Bertz CT molecular complexity index is 785. The zero-order valence-electron chi connectivity index (χ0n) is 32.4. The molecule has 4 heteroatoms. The Kier molecular flexibility index (Phi) is 35.3. The Morgan fingerprint density at radius 1 is 0.479 bits per heavy atom. The number of carbonyl (C=O) groups is 3. The average molecular weight is 673 g/mol. The van der Waals surface area contributed by atoms with Crippen LogP contribution in [0.3, 0.4) is 0 Å². The monoisotopic (exact) mass is 673 g/mol. The Labute approximate surface area is 299 Å². The van der Waals surface area contributed by atoms with Gasteiger partial charge in [-0.15, -0.1) is 0 Å². The summed E-state index contributed by atoms with van der Waals surface area (Å²) in [5.41, 5.74) is -0.505. The first-order valence-electron chi connectivity index (χ1n) is 21.0. The van der Waals surface area contributed by atoms with E-state index in [1.165, 1.54) is 116 Å². The fraction of sp³-hybridized carbons (Fsp3) is 0.841. The molecule has 1 atom stereocenters. The largest absolute Gasteiger partial charge is 0.393 e. The number of allylic oxidation sites excluding steroid dienone is 4. The predicted octanol–water partition coefficient (Wildman–Crippen LogP) is 14.3. The maximum Gasteiger partial charge on any atom is 0.319 e. The molecule has 0 fully saturated rings. The van der Waals surface area contributed by atoms with Crippen LogP contribution in [0.15, 0.2) is 24.3 Å². The smallest absolute Gasteiger partial charge is 0.319 e. The molecule has 0 aliphatic carbocycles. The number of ether oxygens (including phenoxy) is 1. The highest BCUT2D eigenvalue weighted by atomic mass is 16.6. The van der Waals surface area contributed by atoms with E-state index >= 15 is 0 Å². The van der Waals surface area contributed by atoms with Crippen LogP contribution in [0.1, 0.15) is 233 Å². The zero-order chi connectivity index (χ0) is 35.2. The number of carbonyl (C=O) groups excluding carboxylic acids is 3. The van der Waals surface area contributed by atoms with Crippen LogP contribution in [0, 0.1) is 5.41 Å². The summed E-state index contributed by atoms with van der Waals surface area (Å²) in [5, 5.41) is 0. The molecule has 48 heavy (non-hydrogen) atoms. The lowest BCUT2D eigenvalue weighted by atomic mass is 9.75. The van der Waals surface area contributed by atoms with Crippen LogP contribution in [-0.4, -0.2) is 18.2 Å². The minimum Gasteiger partial charge on any atom is -0.393 e.